The number of carbonyl (C=O) groups is 2. The predicted octanol–water partition coefficient (Wildman–Crippen LogP) is 4.98. The van der Waals surface area contributed by atoms with Crippen LogP contribution in [0.15, 0.2) is 48.5 Å². The maximum atomic E-state index is 13.3. The Bertz CT molecular complexity index is 877. The summed E-state index contributed by atoms with van der Waals surface area (Å²) in [5, 5.41) is 5.24. The first-order chi connectivity index (χ1) is 14.3. The molecule has 5 nitrogen and oxygen atoms in total. The zero-order chi connectivity index (χ0) is 21.7. The van der Waals surface area contributed by atoms with Gasteiger partial charge in [0.05, 0.1) is 11.6 Å². The fourth-order valence-electron chi connectivity index (χ4n) is 3.66. The van der Waals surface area contributed by atoms with E-state index < -0.39 is 5.38 Å². The third-order valence-electron chi connectivity index (χ3n) is 5.64. The molecular weight excluding hydrogens is 398 g/mol. The van der Waals surface area contributed by atoms with Crippen molar-refractivity contribution in [1.29, 1.82) is 0 Å². The van der Waals surface area contributed by atoms with Crippen molar-refractivity contribution >= 4 is 34.8 Å². The van der Waals surface area contributed by atoms with Gasteiger partial charge in [0.25, 0.3) is 5.91 Å². The number of amides is 2. The predicted molar refractivity (Wildman–Crippen MR) is 123 cm³/mol. The van der Waals surface area contributed by atoms with Crippen molar-refractivity contribution in [3.63, 3.8) is 0 Å². The molecule has 2 N–H and O–H groups in total. The molecule has 1 saturated heterocycles. The van der Waals surface area contributed by atoms with E-state index in [1.165, 1.54) is 0 Å². The number of halogens is 1. The van der Waals surface area contributed by atoms with Crippen LogP contribution in [0.5, 0.6) is 0 Å². The Morgan fingerprint density at radius 1 is 1.07 bits per heavy atom. The van der Waals surface area contributed by atoms with Gasteiger partial charge in [-0.05, 0) is 56.4 Å². The highest BCUT2D eigenvalue weighted by molar-refractivity contribution is 6.32. The lowest BCUT2D eigenvalue weighted by atomic mass is 9.97. The van der Waals surface area contributed by atoms with Gasteiger partial charge in [-0.15, -0.1) is 11.6 Å². The number of nitrogens with zero attached hydrogens (tertiary/aromatic N) is 1. The number of benzene rings is 2. The van der Waals surface area contributed by atoms with Crippen molar-refractivity contribution in [2.24, 2.45) is 5.92 Å². The van der Waals surface area contributed by atoms with Crippen LogP contribution >= 0.6 is 11.6 Å². The maximum absolute atomic E-state index is 13.3. The lowest BCUT2D eigenvalue weighted by Crippen LogP contribution is -2.35. The molecule has 1 heterocycles. The molecule has 0 radical (unpaired) electrons. The van der Waals surface area contributed by atoms with Crippen LogP contribution < -0.4 is 15.5 Å². The van der Waals surface area contributed by atoms with E-state index in [1.54, 1.807) is 13.0 Å². The molecule has 2 amide bonds. The third kappa shape index (κ3) is 5.54. The van der Waals surface area contributed by atoms with Crippen molar-refractivity contribution in [2.75, 3.05) is 23.3 Å². The number of nitrogens with one attached hydrogen (secondary N) is 2. The normalized spacial score (nSPS) is 16.6. The summed E-state index contributed by atoms with van der Waals surface area (Å²) in [5.41, 5.74) is 3.07. The molecule has 1 aliphatic heterocycles. The van der Waals surface area contributed by atoms with Crippen LogP contribution in [0, 0.1) is 5.92 Å². The van der Waals surface area contributed by atoms with E-state index in [2.05, 4.69) is 22.5 Å². The molecule has 0 saturated carbocycles. The van der Waals surface area contributed by atoms with Crippen LogP contribution in [-0.2, 0) is 4.79 Å². The van der Waals surface area contributed by atoms with Gasteiger partial charge >= 0.3 is 0 Å². The fourth-order valence-corrected chi connectivity index (χ4v) is 3.72. The SMILES string of the molecule is CC1CCN(c2ccc(NC(=O)C(C)Cl)cc2C(=O)NC(C)c2ccccc2)CC1. The van der Waals surface area contributed by atoms with E-state index in [0.717, 1.165) is 37.2 Å². The summed E-state index contributed by atoms with van der Waals surface area (Å²) in [7, 11) is 0. The van der Waals surface area contributed by atoms with Gasteiger partial charge in [-0.25, -0.2) is 0 Å². The Balaban J connectivity index is 1.87. The van der Waals surface area contributed by atoms with Gasteiger partial charge in [0.2, 0.25) is 5.91 Å². The number of anilines is 2. The van der Waals surface area contributed by atoms with Crippen molar-refractivity contribution in [1.82, 2.24) is 5.32 Å². The second-order valence-corrected chi connectivity index (χ2v) is 8.77. The molecule has 0 spiro atoms. The molecule has 0 bridgehead atoms. The first kappa shape index (κ1) is 22.2. The molecule has 30 heavy (non-hydrogen) atoms. The Kier molecular flexibility index (Phi) is 7.38. The van der Waals surface area contributed by atoms with E-state index in [4.69, 9.17) is 11.6 Å². The number of piperidine rings is 1. The largest absolute Gasteiger partial charge is 0.371 e. The summed E-state index contributed by atoms with van der Waals surface area (Å²) in [6, 6.07) is 15.2. The summed E-state index contributed by atoms with van der Waals surface area (Å²) < 4.78 is 0. The van der Waals surface area contributed by atoms with Gasteiger partial charge < -0.3 is 15.5 Å². The van der Waals surface area contributed by atoms with E-state index in [-0.39, 0.29) is 17.9 Å². The molecular formula is C24H30ClN3O2. The summed E-state index contributed by atoms with van der Waals surface area (Å²) in [4.78, 5) is 27.5. The quantitative estimate of drug-likeness (QED) is 0.639. The smallest absolute Gasteiger partial charge is 0.253 e. The summed E-state index contributed by atoms with van der Waals surface area (Å²) in [6.07, 6.45) is 2.20. The number of hydrogen-bond acceptors (Lipinski definition) is 3. The molecule has 1 aliphatic rings. The van der Waals surface area contributed by atoms with E-state index >= 15 is 0 Å². The molecule has 3 rings (SSSR count). The second kappa shape index (κ2) is 9.98. The highest BCUT2D eigenvalue weighted by Crippen LogP contribution is 2.29. The van der Waals surface area contributed by atoms with Crippen molar-refractivity contribution < 1.29 is 9.59 Å². The third-order valence-corrected chi connectivity index (χ3v) is 5.84. The average molecular weight is 428 g/mol. The highest BCUT2D eigenvalue weighted by Gasteiger charge is 2.23. The van der Waals surface area contributed by atoms with Gasteiger partial charge in [0.15, 0.2) is 0 Å². The number of alkyl halides is 1. The van der Waals surface area contributed by atoms with Crippen LogP contribution in [0.25, 0.3) is 0 Å². The van der Waals surface area contributed by atoms with Crippen LogP contribution in [-0.4, -0.2) is 30.3 Å². The van der Waals surface area contributed by atoms with E-state index in [0.29, 0.717) is 17.2 Å². The first-order valence-electron chi connectivity index (χ1n) is 10.5. The van der Waals surface area contributed by atoms with Crippen LogP contribution in [0.4, 0.5) is 11.4 Å². The minimum absolute atomic E-state index is 0.131. The topological polar surface area (TPSA) is 61.4 Å². The van der Waals surface area contributed by atoms with Gasteiger partial charge in [0.1, 0.15) is 5.38 Å². The molecule has 2 aromatic carbocycles. The molecule has 1 fully saturated rings. The Morgan fingerprint density at radius 3 is 2.37 bits per heavy atom. The Morgan fingerprint density at radius 2 is 1.73 bits per heavy atom. The average Bonchev–Trinajstić information content (AvgIpc) is 2.75. The molecule has 2 atom stereocenters. The maximum Gasteiger partial charge on any atom is 0.253 e. The fraction of sp³-hybridized carbons (Fsp3) is 0.417. The zero-order valence-corrected chi connectivity index (χ0v) is 18.6. The lowest BCUT2D eigenvalue weighted by molar-refractivity contribution is -0.115. The second-order valence-electron chi connectivity index (χ2n) is 8.11. The van der Waals surface area contributed by atoms with Crippen molar-refractivity contribution in [2.45, 2.75) is 45.0 Å². The van der Waals surface area contributed by atoms with Crippen molar-refractivity contribution in [3.8, 4) is 0 Å². The van der Waals surface area contributed by atoms with Crippen LogP contribution in [0.3, 0.4) is 0 Å². The standard InChI is InChI=1S/C24H30ClN3O2/c1-16-11-13-28(14-12-16)22-10-9-20(27-23(29)17(2)25)15-21(22)24(30)26-18(3)19-7-5-4-6-8-19/h4-10,15-18H,11-14H2,1-3H3,(H,26,30)(H,27,29). The minimum Gasteiger partial charge on any atom is -0.371 e. The summed E-state index contributed by atoms with van der Waals surface area (Å²) in [5.74, 6) is 0.246. The van der Waals surface area contributed by atoms with Gasteiger partial charge in [-0.1, -0.05) is 37.3 Å². The monoisotopic (exact) mass is 427 g/mol. The number of hydrogen-bond donors (Lipinski definition) is 2. The number of rotatable bonds is 6. The van der Waals surface area contributed by atoms with Crippen LogP contribution in [0.2, 0.25) is 0 Å². The molecule has 6 heteroatoms. The molecule has 2 unspecified atom stereocenters. The first-order valence-corrected chi connectivity index (χ1v) is 11.0. The van der Waals surface area contributed by atoms with Gasteiger partial charge in [-0.2, -0.15) is 0 Å². The van der Waals surface area contributed by atoms with E-state index in [1.807, 2.05) is 49.4 Å². The Hall–Kier alpha value is -2.53. The highest BCUT2D eigenvalue weighted by atomic mass is 35.5. The van der Waals surface area contributed by atoms with Gasteiger partial charge in [0, 0.05) is 24.5 Å². The molecule has 2 aromatic rings. The minimum atomic E-state index is -0.649. The van der Waals surface area contributed by atoms with Crippen LogP contribution in [0.1, 0.15) is 55.6 Å². The molecule has 0 aliphatic carbocycles. The number of carbonyl (C=O) groups excluding carboxylic acids is 2. The summed E-state index contributed by atoms with van der Waals surface area (Å²) >= 11 is 5.88. The zero-order valence-electron chi connectivity index (χ0n) is 17.8. The molecule has 0 aromatic heterocycles. The van der Waals surface area contributed by atoms with Gasteiger partial charge in [-0.3, -0.25) is 9.59 Å². The Labute approximate surface area is 183 Å². The van der Waals surface area contributed by atoms with Crippen molar-refractivity contribution in [3.05, 3.63) is 59.7 Å². The summed E-state index contributed by atoms with van der Waals surface area (Å²) in [6.45, 7) is 7.68. The van der Waals surface area contributed by atoms with E-state index in [9.17, 15) is 9.59 Å². The molecule has 160 valence electrons. The lowest BCUT2D eigenvalue weighted by Gasteiger charge is -2.33.